The van der Waals surface area contributed by atoms with Crippen molar-refractivity contribution in [1.29, 1.82) is 0 Å². The fourth-order valence-electron chi connectivity index (χ4n) is 2.81. The number of hydrogen-bond donors (Lipinski definition) is 1. The first-order chi connectivity index (χ1) is 13.1. The van der Waals surface area contributed by atoms with E-state index < -0.39 is 5.97 Å². The van der Waals surface area contributed by atoms with Gasteiger partial charge in [0, 0.05) is 30.3 Å². The lowest BCUT2D eigenvalue weighted by atomic mass is 10.2. The molecule has 0 bridgehead atoms. The van der Waals surface area contributed by atoms with Crippen LogP contribution >= 0.6 is 0 Å². The molecule has 1 fully saturated rings. The average molecular weight is 371 g/mol. The van der Waals surface area contributed by atoms with E-state index in [9.17, 15) is 9.59 Å². The van der Waals surface area contributed by atoms with E-state index in [2.05, 4.69) is 10.4 Å². The molecule has 7 nitrogen and oxygen atoms in total. The maximum Gasteiger partial charge on any atom is 0.358 e. The number of rotatable bonds is 9. The Morgan fingerprint density at radius 3 is 2.56 bits per heavy atom. The van der Waals surface area contributed by atoms with E-state index in [1.54, 1.807) is 23.7 Å². The molecular weight excluding hydrogens is 346 g/mol. The molecule has 0 atom stereocenters. The average Bonchev–Trinajstić information content (AvgIpc) is 3.43. The number of amides is 1. The maximum absolute atomic E-state index is 12.2. The molecular formula is C20H25N3O4. The Bertz CT molecular complexity index is 794. The van der Waals surface area contributed by atoms with Crippen LogP contribution < -0.4 is 5.32 Å². The van der Waals surface area contributed by atoms with Crippen LogP contribution in [0, 0.1) is 0 Å². The Hall–Kier alpha value is -2.67. The van der Waals surface area contributed by atoms with Crippen LogP contribution in [0.5, 0.6) is 0 Å². The summed E-state index contributed by atoms with van der Waals surface area (Å²) >= 11 is 0. The monoisotopic (exact) mass is 371 g/mol. The lowest BCUT2D eigenvalue weighted by molar-refractivity contribution is 0.0519. The minimum atomic E-state index is -0.413. The normalized spacial score (nSPS) is 13.4. The summed E-state index contributed by atoms with van der Waals surface area (Å²) in [6.07, 6.45) is 2.18. The second-order valence-electron chi connectivity index (χ2n) is 6.36. The third-order valence-corrected chi connectivity index (χ3v) is 4.33. The first-order valence-electron chi connectivity index (χ1n) is 9.37. The fourth-order valence-corrected chi connectivity index (χ4v) is 2.81. The molecule has 2 aromatic rings. The van der Waals surface area contributed by atoms with Crippen molar-refractivity contribution >= 4 is 11.9 Å². The SMILES string of the molecule is CCOCCNC(=O)c1ccc(-n2nc(C(=O)OCC)cc2C2CC2)cc1. The first kappa shape index (κ1) is 19.1. The molecule has 27 heavy (non-hydrogen) atoms. The van der Waals surface area contributed by atoms with Gasteiger partial charge in [-0.15, -0.1) is 0 Å². The predicted octanol–water partition coefficient (Wildman–Crippen LogP) is 2.69. The Balaban J connectivity index is 1.74. The van der Waals surface area contributed by atoms with Crippen LogP contribution in [0.25, 0.3) is 5.69 Å². The third kappa shape index (κ3) is 4.74. The molecule has 1 N–H and O–H groups in total. The van der Waals surface area contributed by atoms with Gasteiger partial charge in [0.05, 0.1) is 18.9 Å². The van der Waals surface area contributed by atoms with E-state index in [-0.39, 0.29) is 5.91 Å². The number of nitrogens with one attached hydrogen (secondary N) is 1. The van der Waals surface area contributed by atoms with Gasteiger partial charge in [-0.3, -0.25) is 4.79 Å². The predicted molar refractivity (Wildman–Crippen MR) is 100 cm³/mol. The molecule has 0 spiro atoms. The first-order valence-corrected chi connectivity index (χ1v) is 9.37. The van der Waals surface area contributed by atoms with E-state index in [1.165, 1.54) is 0 Å². The van der Waals surface area contributed by atoms with E-state index in [0.29, 0.717) is 43.5 Å². The van der Waals surface area contributed by atoms with Crippen molar-refractivity contribution in [3.8, 4) is 5.69 Å². The van der Waals surface area contributed by atoms with Crippen molar-refractivity contribution in [2.75, 3.05) is 26.4 Å². The van der Waals surface area contributed by atoms with Gasteiger partial charge in [-0.1, -0.05) is 0 Å². The quantitative estimate of drug-likeness (QED) is 0.541. The smallest absolute Gasteiger partial charge is 0.358 e. The second-order valence-corrected chi connectivity index (χ2v) is 6.36. The van der Waals surface area contributed by atoms with E-state index in [1.807, 2.05) is 25.1 Å². The Morgan fingerprint density at radius 2 is 1.93 bits per heavy atom. The standard InChI is InChI=1S/C20H25N3O4/c1-3-26-12-11-21-19(24)15-7-9-16(10-8-15)23-18(14-5-6-14)13-17(22-23)20(25)27-4-2/h7-10,13-14H,3-6,11-12H2,1-2H3,(H,21,24). The van der Waals surface area contributed by atoms with Crippen molar-refractivity contribution in [2.45, 2.75) is 32.6 Å². The number of esters is 1. The molecule has 3 rings (SSSR count). The van der Waals surface area contributed by atoms with Gasteiger partial charge in [-0.05, 0) is 57.0 Å². The minimum absolute atomic E-state index is 0.142. The molecule has 0 unspecified atom stereocenters. The zero-order chi connectivity index (χ0) is 19.2. The molecule has 0 radical (unpaired) electrons. The summed E-state index contributed by atoms with van der Waals surface area (Å²) in [5.74, 6) is -0.137. The molecule has 1 aromatic heterocycles. The lowest BCUT2D eigenvalue weighted by Gasteiger charge is -2.08. The summed E-state index contributed by atoms with van der Waals surface area (Å²) in [6.45, 7) is 5.61. The fraction of sp³-hybridized carbons (Fsp3) is 0.450. The number of carbonyl (C=O) groups is 2. The number of hydrogen-bond acceptors (Lipinski definition) is 5. The zero-order valence-electron chi connectivity index (χ0n) is 15.7. The largest absolute Gasteiger partial charge is 0.461 e. The number of aromatic nitrogens is 2. The van der Waals surface area contributed by atoms with Crippen molar-refractivity contribution in [3.63, 3.8) is 0 Å². The Labute approximate surface area is 158 Å². The number of ether oxygens (including phenoxy) is 2. The third-order valence-electron chi connectivity index (χ3n) is 4.33. The number of carbonyl (C=O) groups excluding carboxylic acids is 2. The molecule has 0 saturated heterocycles. The highest BCUT2D eigenvalue weighted by Gasteiger charge is 2.30. The molecule has 144 valence electrons. The van der Waals surface area contributed by atoms with Gasteiger partial charge in [0.15, 0.2) is 5.69 Å². The van der Waals surface area contributed by atoms with Gasteiger partial charge in [0.1, 0.15) is 0 Å². The lowest BCUT2D eigenvalue weighted by Crippen LogP contribution is -2.27. The highest BCUT2D eigenvalue weighted by molar-refractivity contribution is 5.94. The van der Waals surface area contributed by atoms with Crippen LogP contribution in [0.15, 0.2) is 30.3 Å². The van der Waals surface area contributed by atoms with Gasteiger partial charge in [0.25, 0.3) is 5.91 Å². The van der Waals surface area contributed by atoms with Gasteiger partial charge in [-0.2, -0.15) is 5.10 Å². The van der Waals surface area contributed by atoms with Crippen LogP contribution in [0.4, 0.5) is 0 Å². The molecule has 1 saturated carbocycles. The van der Waals surface area contributed by atoms with Crippen molar-refractivity contribution in [3.05, 3.63) is 47.3 Å². The molecule has 1 aliphatic rings. The topological polar surface area (TPSA) is 82.5 Å². The van der Waals surface area contributed by atoms with Crippen LogP contribution in [0.2, 0.25) is 0 Å². The molecule has 1 amide bonds. The maximum atomic E-state index is 12.2. The Morgan fingerprint density at radius 1 is 1.19 bits per heavy atom. The van der Waals surface area contributed by atoms with Crippen LogP contribution in [-0.2, 0) is 9.47 Å². The highest BCUT2D eigenvalue weighted by atomic mass is 16.5. The van der Waals surface area contributed by atoms with E-state index >= 15 is 0 Å². The molecule has 0 aliphatic heterocycles. The van der Waals surface area contributed by atoms with Gasteiger partial charge >= 0.3 is 5.97 Å². The van der Waals surface area contributed by atoms with Crippen molar-refractivity contribution in [1.82, 2.24) is 15.1 Å². The van der Waals surface area contributed by atoms with Gasteiger partial charge in [0.2, 0.25) is 0 Å². The summed E-state index contributed by atoms with van der Waals surface area (Å²) in [5.41, 5.74) is 2.71. The number of benzene rings is 1. The summed E-state index contributed by atoms with van der Waals surface area (Å²) in [6, 6.07) is 9.00. The zero-order valence-corrected chi connectivity index (χ0v) is 15.7. The van der Waals surface area contributed by atoms with Crippen LogP contribution in [0.3, 0.4) is 0 Å². The summed E-state index contributed by atoms with van der Waals surface area (Å²) in [7, 11) is 0. The minimum Gasteiger partial charge on any atom is -0.461 e. The van der Waals surface area contributed by atoms with E-state index in [4.69, 9.17) is 9.47 Å². The van der Waals surface area contributed by atoms with Crippen LogP contribution in [0.1, 0.15) is 59.1 Å². The van der Waals surface area contributed by atoms with E-state index in [0.717, 1.165) is 24.2 Å². The summed E-state index contributed by atoms with van der Waals surface area (Å²) < 4.78 is 12.1. The van der Waals surface area contributed by atoms with Gasteiger partial charge in [-0.25, -0.2) is 9.48 Å². The summed E-state index contributed by atoms with van der Waals surface area (Å²) in [5, 5.41) is 7.25. The van der Waals surface area contributed by atoms with Crippen molar-refractivity contribution in [2.24, 2.45) is 0 Å². The second kappa shape index (κ2) is 8.81. The molecule has 1 heterocycles. The number of nitrogens with zero attached hydrogens (tertiary/aromatic N) is 2. The summed E-state index contributed by atoms with van der Waals surface area (Å²) in [4.78, 5) is 24.2. The molecule has 7 heteroatoms. The molecule has 1 aliphatic carbocycles. The Kier molecular flexibility index (Phi) is 6.24. The van der Waals surface area contributed by atoms with Gasteiger partial charge < -0.3 is 14.8 Å². The van der Waals surface area contributed by atoms with Crippen LogP contribution in [-0.4, -0.2) is 48.0 Å². The van der Waals surface area contributed by atoms with Crippen molar-refractivity contribution < 1.29 is 19.1 Å². The highest BCUT2D eigenvalue weighted by Crippen LogP contribution is 2.41. The molecule has 1 aromatic carbocycles.